The lowest BCUT2D eigenvalue weighted by molar-refractivity contribution is 0.233. The van der Waals surface area contributed by atoms with Crippen molar-refractivity contribution in [2.45, 2.75) is 13.5 Å². The van der Waals surface area contributed by atoms with Crippen LogP contribution in [0.4, 0.5) is 0 Å². The van der Waals surface area contributed by atoms with Crippen molar-refractivity contribution in [1.82, 2.24) is 10.2 Å². The summed E-state index contributed by atoms with van der Waals surface area (Å²) >= 11 is 6.33. The molecule has 0 saturated carbocycles. The molecule has 3 nitrogen and oxygen atoms in total. The Labute approximate surface area is 108 Å². The van der Waals surface area contributed by atoms with E-state index in [4.69, 9.17) is 16.3 Å². The fourth-order valence-corrected chi connectivity index (χ4v) is 2.43. The van der Waals surface area contributed by atoms with Crippen molar-refractivity contribution in [2.24, 2.45) is 0 Å². The molecule has 1 N–H and O–H groups in total. The van der Waals surface area contributed by atoms with Crippen LogP contribution in [0.2, 0.25) is 5.02 Å². The molecule has 1 aliphatic rings. The van der Waals surface area contributed by atoms with Gasteiger partial charge in [-0.05, 0) is 24.1 Å². The largest absolute Gasteiger partial charge is 0.495 e. The van der Waals surface area contributed by atoms with E-state index in [1.807, 2.05) is 6.07 Å². The number of piperazine rings is 1. The van der Waals surface area contributed by atoms with E-state index in [0.717, 1.165) is 49.1 Å². The topological polar surface area (TPSA) is 24.5 Å². The number of ether oxygens (including phenoxy) is 1. The molecule has 0 spiro atoms. The van der Waals surface area contributed by atoms with E-state index in [1.165, 1.54) is 5.56 Å². The van der Waals surface area contributed by atoms with Crippen molar-refractivity contribution in [3.8, 4) is 5.75 Å². The first-order valence-corrected chi connectivity index (χ1v) is 6.34. The molecule has 17 heavy (non-hydrogen) atoms. The molecule has 1 heterocycles. The predicted octanol–water partition coefficient (Wildman–Crippen LogP) is 2.06. The minimum atomic E-state index is 0.747. The standard InChI is InChI=1S/C13H19ClN2O/c1-10-7-11(13(14)12(8-10)17-2)9-16-5-3-15-4-6-16/h7-8,15H,3-6,9H2,1-2H3. The molecule has 2 rings (SSSR count). The number of rotatable bonds is 3. The average Bonchev–Trinajstić information content (AvgIpc) is 2.34. The smallest absolute Gasteiger partial charge is 0.138 e. The maximum Gasteiger partial charge on any atom is 0.138 e. The molecule has 1 aromatic carbocycles. The number of aryl methyl sites for hydroxylation is 1. The summed E-state index contributed by atoms with van der Waals surface area (Å²) in [6.07, 6.45) is 0. The molecule has 0 amide bonds. The molecular weight excluding hydrogens is 236 g/mol. The van der Waals surface area contributed by atoms with Crippen LogP contribution in [-0.4, -0.2) is 38.2 Å². The van der Waals surface area contributed by atoms with Crippen LogP contribution in [0, 0.1) is 6.92 Å². The quantitative estimate of drug-likeness (QED) is 0.894. The van der Waals surface area contributed by atoms with Crippen molar-refractivity contribution < 1.29 is 4.74 Å². The lowest BCUT2D eigenvalue weighted by Gasteiger charge is -2.27. The molecule has 94 valence electrons. The highest BCUT2D eigenvalue weighted by Gasteiger charge is 2.14. The van der Waals surface area contributed by atoms with Crippen molar-refractivity contribution in [1.29, 1.82) is 0 Å². The summed E-state index contributed by atoms with van der Waals surface area (Å²) in [5, 5.41) is 4.10. The van der Waals surface area contributed by atoms with Crippen LogP contribution >= 0.6 is 11.6 Å². The van der Waals surface area contributed by atoms with Gasteiger partial charge in [0, 0.05) is 32.7 Å². The normalized spacial score (nSPS) is 17.1. The lowest BCUT2D eigenvalue weighted by atomic mass is 10.1. The first-order chi connectivity index (χ1) is 8.20. The third kappa shape index (κ3) is 3.12. The average molecular weight is 255 g/mol. The molecule has 1 fully saturated rings. The molecule has 1 saturated heterocycles. The highest BCUT2D eigenvalue weighted by molar-refractivity contribution is 6.32. The maximum atomic E-state index is 6.33. The monoisotopic (exact) mass is 254 g/mol. The molecule has 1 aliphatic heterocycles. The van der Waals surface area contributed by atoms with Gasteiger partial charge in [-0.2, -0.15) is 0 Å². The lowest BCUT2D eigenvalue weighted by Crippen LogP contribution is -2.42. The van der Waals surface area contributed by atoms with Gasteiger partial charge in [0.1, 0.15) is 5.75 Å². The summed E-state index contributed by atoms with van der Waals surface area (Å²) in [7, 11) is 1.66. The van der Waals surface area contributed by atoms with Gasteiger partial charge in [0.15, 0.2) is 0 Å². The van der Waals surface area contributed by atoms with Crippen LogP contribution < -0.4 is 10.1 Å². The molecule has 0 bridgehead atoms. The van der Waals surface area contributed by atoms with Crippen LogP contribution in [0.1, 0.15) is 11.1 Å². The van der Waals surface area contributed by atoms with Crippen LogP contribution in [0.15, 0.2) is 12.1 Å². The minimum Gasteiger partial charge on any atom is -0.495 e. The van der Waals surface area contributed by atoms with Gasteiger partial charge in [-0.25, -0.2) is 0 Å². The summed E-state index contributed by atoms with van der Waals surface area (Å²) in [5.41, 5.74) is 2.35. The fourth-order valence-electron chi connectivity index (χ4n) is 2.18. The fraction of sp³-hybridized carbons (Fsp3) is 0.538. The zero-order valence-corrected chi connectivity index (χ0v) is 11.2. The van der Waals surface area contributed by atoms with Gasteiger partial charge in [0.05, 0.1) is 12.1 Å². The van der Waals surface area contributed by atoms with Crippen LogP contribution in [0.25, 0.3) is 0 Å². The second-order valence-electron chi connectivity index (χ2n) is 4.47. The Morgan fingerprint density at radius 1 is 1.35 bits per heavy atom. The van der Waals surface area contributed by atoms with Crippen LogP contribution in [-0.2, 0) is 6.54 Å². The number of hydrogen-bond acceptors (Lipinski definition) is 3. The molecule has 0 radical (unpaired) electrons. The van der Waals surface area contributed by atoms with E-state index in [0.29, 0.717) is 0 Å². The van der Waals surface area contributed by atoms with Gasteiger partial charge in [0.25, 0.3) is 0 Å². The third-order valence-corrected chi connectivity index (χ3v) is 3.51. The maximum absolute atomic E-state index is 6.33. The summed E-state index contributed by atoms with van der Waals surface area (Å²) in [6, 6.07) is 4.12. The van der Waals surface area contributed by atoms with Crippen molar-refractivity contribution in [3.05, 3.63) is 28.3 Å². The second kappa shape index (κ2) is 5.71. The Hall–Kier alpha value is -0.770. The van der Waals surface area contributed by atoms with Gasteiger partial charge in [0.2, 0.25) is 0 Å². The predicted molar refractivity (Wildman–Crippen MR) is 70.9 cm³/mol. The Morgan fingerprint density at radius 3 is 2.71 bits per heavy atom. The summed E-state index contributed by atoms with van der Waals surface area (Å²) in [4.78, 5) is 2.41. The summed E-state index contributed by atoms with van der Waals surface area (Å²) < 4.78 is 5.29. The summed E-state index contributed by atoms with van der Waals surface area (Å²) in [5.74, 6) is 0.775. The van der Waals surface area contributed by atoms with E-state index in [1.54, 1.807) is 7.11 Å². The van der Waals surface area contributed by atoms with Gasteiger partial charge >= 0.3 is 0 Å². The number of benzene rings is 1. The molecule has 0 aliphatic carbocycles. The Kier molecular flexibility index (Phi) is 4.26. The van der Waals surface area contributed by atoms with E-state index in [9.17, 15) is 0 Å². The van der Waals surface area contributed by atoms with Crippen molar-refractivity contribution in [2.75, 3.05) is 33.3 Å². The number of nitrogens with one attached hydrogen (secondary N) is 1. The molecular formula is C13H19ClN2O. The number of methoxy groups -OCH3 is 1. The van der Waals surface area contributed by atoms with Crippen LogP contribution in [0.3, 0.4) is 0 Å². The Bertz CT molecular complexity index is 389. The number of halogens is 1. The van der Waals surface area contributed by atoms with E-state index >= 15 is 0 Å². The minimum absolute atomic E-state index is 0.747. The zero-order chi connectivity index (χ0) is 12.3. The molecule has 0 unspecified atom stereocenters. The number of nitrogens with zero attached hydrogens (tertiary/aromatic N) is 1. The molecule has 1 aromatic rings. The molecule has 0 aromatic heterocycles. The third-order valence-electron chi connectivity index (χ3n) is 3.08. The number of hydrogen-bond donors (Lipinski definition) is 1. The van der Waals surface area contributed by atoms with Gasteiger partial charge in [-0.1, -0.05) is 17.7 Å². The van der Waals surface area contributed by atoms with E-state index in [-0.39, 0.29) is 0 Å². The highest BCUT2D eigenvalue weighted by atomic mass is 35.5. The van der Waals surface area contributed by atoms with E-state index < -0.39 is 0 Å². The SMILES string of the molecule is COc1cc(C)cc(CN2CCNCC2)c1Cl. The first-order valence-electron chi connectivity index (χ1n) is 5.97. The molecule has 0 atom stereocenters. The van der Waals surface area contributed by atoms with Crippen molar-refractivity contribution in [3.63, 3.8) is 0 Å². The van der Waals surface area contributed by atoms with E-state index in [2.05, 4.69) is 23.2 Å². The van der Waals surface area contributed by atoms with Gasteiger partial charge < -0.3 is 10.1 Å². The zero-order valence-electron chi connectivity index (χ0n) is 10.4. The van der Waals surface area contributed by atoms with Gasteiger partial charge in [-0.15, -0.1) is 0 Å². The second-order valence-corrected chi connectivity index (χ2v) is 4.84. The van der Waals surface area contributed by atoms with Crippen molar-refractivity contribution >= 4 is 11.6 Å². The highest BCUT2D eigenvalue weighted by Crippen LogP contribution is 2.30. The van der Waals surface area contributed by atoms with Gasteiger partial charge in [-0.3, -0.25) is 4.90 Å². The first kappa shape index (κ1) is 12.7. The Balaban J connectivity index is 2.16. The Morgan fingerprint density at radius 2 is 2.06 bits per heavy atom. The molecule has 4 heteroatoms. The van der Waals surface area contributed by atoms with Crippen LogP contribution in [0.5, 0.6) is 5.75 Å². The summed E-state index contributed by atoms with van der Waals surface area (Å²) in [6.45, 7) is 7.24.